The molecule has 1 heterocycles. The zero-order valence-electron chi connectivity index (χ0n) is 12.8. The SMILES string of the molecule is NCC1(C2(O)CCCCC2c2ccccc2)CCCOC1. The third-order valence-corrected chi connectivity index (χ3v) is 5.71. The molecular weight excluding hydrogens is 262 g/mol. The van der Waals surface area contributed by atoms with Crippen LogP contribution < -0.4 is 5.73 Å². The molecule has 1 aliphatic carbocycles. The Bertz CT molecular complexity index is 456. The summed E-state index contributed by atoms with van der Waals surface area (Å²) in [6, 6.07) is 10.5. The monoisotopic (exact) mass is 289 g/mol. The van der Waals surface area contributed by atoms with E-state index in [2.05, 4.69) is 24.3 Å². The Balaban J connectivity index is 1.98. The summed E-state index contributed by atoms with van der Waals surface area (Å²) >= 11 is 0. The number of benzene rings is 1. The summed E-state index contributed by atoms with van der Waals surface area (Å²) in [4.78, 5) is 0. The molecule has 1 aromatic carbocycles. The van der Waals surface area contributed by atoms with Crippen molar-refractivity contribution >= 4 is 0 Å². The van der Waals surface area contributed by atoms with Crippen LogP contribution in [-0.4, -0.2) is 30.5 Å². The molecule has 2 fully saturated rings. The predicted molar refractivity (Wildman–Crippen MR) is 84.1 cm³/mol. The molecule has 3 N–H and O–H groups in total. The lowest BCUT2D eigenvalue weighted by Crippen LogP contribution is -2.60. The molecule has 3 rings (SSSR count). The molecule has 0 bridgehead atoms. The zero-order valence-corrected chi connectivity index (χ0v) is 12.8. The topological polar surface area (TPSA) is 55.5 Å². The van der Waals surface area contributed by atoms with Gasteiger partial charge in [-0.1, -0.05) is 43.2 Å². The molecule has 3 heteroatoms. The molecule has 0 aromatic heterocycles. The molecule has 3 nitrogen and oxygen atoms in total. The fourth-order valence-electron chi connectivity index (χ4n) is 4.45. The average Bonchev–Trinajstić information content (AvgIpc) is 2.56. The van der Waals surface area contributed by atoms with Gasteiger partial charge in [0.05, 0.1) is 12.2 Å². The second kappa shape index (κ2) is 6.07. The number of hydrogen-bond donors (Lipinski definition) is 2. The van der Waals surface area contributed by atoms with Crippen LogP contribution in [0.25, 0.3) is 0 Å². The maximum absolute atomic E-state index is 11.7. The van der Waals surface area contributed by atoms with E-state index in [1.54, 1.807) is 0 Å². The van der Waals surface area contributed by atoms with Crippen molar-refractivity contribution in [2.75, 3.05) is 19.8 Å². The van der Waals surface area contributed by atoms with Crippen molar-refractivity contribution < 1.29 is 9.84 Å². The minimum atomic E-state index is -0.734. The number of rotatable bonds is 3. The Hall–Kier alpha value is -0.900. The van der Waals surface area contributed by atoms with Crippen LogP contribution in [0.1, 0.15) is 50.0 Å². The van der Waals surface area contributed by atoms with Gasteiger partial charge in [0.1, 0.15) is 0 Å². The van der Waals surface area contributed by atoms with Crippen LogP contribution in [0.4, 0.5) is 0 Å². The van der Waals surface area contributed by atoms with E-state index in [9.17, 15) is 5.11 Å². The van der Waals surface area contributed by atoms with Gasteiger partial charge < -0.3 is 15.6 Å². The summed E-state index contributed by atoms with van der Waals surface area (Å²) in [5.41, 5.74) is 6.38. The summed E-state index contributed by atoms with van der Waals surface area (Å²) in [5.74, 6) is 0.178. The number of ether oxygens (including phenoxy) is 1. The molecule has 3 unspecified atom stereocenters. The lowest BCUT2D eigenvalue weighted by atomic mass is 9.57. The first-order valence-electron chi connectivity index (χ1n) is 8.27. The number of hydrogen-bond acceptors (Lipinski definition) is 3. The van der Waals surface area contributed by atoms with Crippen molar-refractivity contribution in [3.8, 4) is 0 Å². The maximum Gasteiger partial charge on any atom is 0.0806 e. The first-order valence-corrected chi connectivity index (χ1v) is 8.27. The van der Waals surface area contributed by atoms with Crippen molar-refractivity contribution in [2.24, 2.45) is 11.1 Å². The van der Waals surface area contributed by atoms with E-state index >= 15 is 0 Å². The van der Waals surface area contributed by atoms with Crippen molar-refractivity contribution in [1.82, 2.24) is 0 Å². The van der Waals surface area contributed by atoms with Crippen LogP contribution >= 0.6 is 0 Å². The highest BCUT2D eigenvalue weighted by Gasteiger charge is 2.55. The molecule has 1 aliphatic heterocycles. The van der Waals surface area contributed by atoms with Gasteiger partial charge in [-0.2, -0.15) is 0 Å². The minimum absolute atomic E-state index is 0.178. The Morgan fingerprint density at radius 2 is 1.95 bits per heavy atom. The van der Waals surface area contributed by atoms with E-state index in [1.807, 2.05) is 6.07 Å². The molecule has 0 radical (unpaired) electrons. The van der Waals surface area contributed by atoms with Gasteiger partial charge in [-0.25, -0.2) is 0 Å². The number of aliphatic hydroxyl groups is 1. The molecular formula is C18H27NO2. The van der Waals surface area contributed by atoms with E-state index in [1.165, 1.54) is 12.0 Å². The Morgan fingerprint density at radius 3 is 2.62 bits per heavy atom. The van der Waals surface area contributed by atoms with Gasteiger partial charge >= 0.3 is 0 Å². The van der Waals surface area contributed by atoms with Crippen molar-refractivity contribution in [3.05, 3.63) is 35.9 Å². The summed E-state index contributed by atoms with van der Waals surface area (Å²) in [6.45, 7) is 1.91. The molecule has 1 saturated heterocycles. The molecule has 116 valence electrons. The van der Waals surface area contributed by atoms with E-state index in [0.29, 0.717) is 13.2 Å². The molecule has 0 amide bonds. The lowest BCUT2D eigenvalue weighted by molar-refractivity contribution is -0.169. The smallest absolute Gasteiger partial charge is 0.0806 e. The summed E-state index contributed by atoms with van der Waals surface area (Å²) in [5, 5.41) is 11.7. The minimum Gasteiger partial charge on any atom is -0.389 e. The third kappa shape index (κ3) is 2.52. The largest absolute Gasteiger partial charge is 0.389 e. The number of nitrogens with two attached hydrogens (primary N) is 1. The Labute approximate surface area is 127 Å². The van der Waals surface area contributed by atoms with Gasteiger partial charge in [0, 0.05) is 24.5 Å². The lowest BCUT2D eigenvalue weighted by Gasteiger charge is -2.54. The maximum atomic E-state index is 11.7. The fraction of sp³-hybridized carbons (Fsp3) is 0.667. The van der Waals surface area contributed by atoms with Gasteiger partial charge in [0.15, 0.2) is 0 Å². The van der Waals surface area contributed by atoms with Gasteiger partial charge in [-0.15, -0.1) is 0 Å². The first-order chi connectivity index (χ1) is 10.2. The normalized spacial score (nSPS) is 37.3. The van der Waals surface area contributed by atoms with E-state index in [0.717, 1.165) is 38.7 Å². The Morgan fingerprint density at radius 1 is 1.14 bits per heavy atom. The average molecular weight is 289 g/mol. The van der Waals surface area contributed by atoms with Crippen LogP contribution in [0.3, 0.4) is 0 Å². The molecule has 21 heavy (non-hydrogen) atoms. The van der Waals surface area contributed by atoms with Crippen LogP contribution in [0, 0.1) is 5.41 Å². The van der Waals surface area contributed by atoms with E-state index < -0.39 is 5.60 Å². The summed E-state index contributed by atoms with van der Waals surface area (Å²) < 4.78 is 5.74. The molecule has 1 saturated carbocycles. The predicted octanol–water partition coefficient (Wildman–Crippen LogP) is 2.83. The van der Waals surface area contributed by atoms with Crippen molar-refractivity contribution in [3.63, 3.8) is 0 Å². The van der Waals surface area contributed by atoms with Gasteiger partial charge in [0.2, 0.25) is 0 Å². The quantitative estimate of drug-likeness (QED) is 0.899. The van der Waals surface area contributed by atoms with E-state index in [4.69, 9.17) is 10.5 Å². The van der Waals surface area contributed by atoms with Gasteiger partial charge in [0.25, 0.3) is 0 Å². The van der Waals surface area contributed by atoms with Crippen LogP contribution in [0.2, 0.25) is 0 Å². The highest BCUT2D eigenvalue weighted by molar-refractivity contribution is 5.26. The summed E-state index contributed by atoms with van der Waals surface area (Å²) in [7, 11) is 0. The summed E-state index contributed by atoms with van der Waals surface area (Å²) in [6.07, 6.45) is 6.13. The van der Waals surface area contributed by atoms with Crippen molar-refractivity contribution in [2.45, 2.75) is 50.0 Å². The zero-order chi connectivity index (χ0) is 14.8. The highest BCUT2D eigenvalue weighted by atomic mass is 16.5. The van der Waals surface area contributed by atoms with Crippen molar-refractivity contribution in [1.29, 1.82) is 0 Å². The first kappa shape index (κ1) is 15.0. The van der Waals surface area contributed by atoms with Crippen LogP contribution in [-0.2, 0) is 4.74 Å². The third-order valence-electron chi connectivity index (χ3n) is 5.71. The standard InChI is InChI=1S/C18H27NO2/c19-13-17(10-6-12-21-14-17)18(20)11-5-4-9-16(18)15-7-2-1-3-8-15/h1-3,7-8,16,20H,4-6,9-14,19H2. The second-order valence-electron chi connectivity index (χ2n) is 6.77. The fourth-order valence-corrected chi connectivity index (χ4v) is 4.45. The second-order valence-corrected chi connectivity index (χ2v) is 6.77. The molecule has 1 aromatic rings. The molecule has 0 spiro atoms. The van der Waals surface area contributed by atoms with Gasteiger partial charge in [-0.3, -0.25) is 0 Å². The van der Waals surface area contributed by atoms with Gasteiger partial charge in [-0.05, 0) is 31.2 Å². The van der Waals surface area contributed by atoms with E-state index in [-0.39, 0.29) is 11.3 Å². The van der Waals surface area contributed by atoms with Crippen LogP contribution in [0.5, 0.6) is 0 Å². The Kier molecular flexibility index (Phi) is 4.34. The molecule has 2 aliphatic rings. The van der Waals surface area contributed by atoms with Crippen LogP contribution in [0.15, 0.2) is 30.3 Å². The molecule has 3 atom stereocenters. The highest BCUT2D eigenvalue weighted by Crippen LogP contribution is 2.53.